The second-order valence-corrected chi connectivity index (χ2v) is 8.40. The highest BCUT2D eigenvalue weighted by molar-refractivity contribution is 5.85. The number of hydrogen-bond acceptors (Lipinski definition) is 4. The Kier molecular flexibility index (Phi) is 6.18. The first-order valence-electron chi connectivity index (χ1n) is 10.7. The van der Waals surface area contributed by atoms with Gasteiger partial charge in [-0.1, -0.05) is 18.2 Å². The van der Waals surface area contributed by atoms with Gasteiger partial charge in [0.05, 0.1) is 29.3 Å². The van der Waals surface area contributed by atoms with Crippen LogP contribution in [0.15, 0.2) is 42.6 Å². The van der Waals surface area contributed by atoms with Crippen molar-refractivity contribution in [1.29, 1.82) is 0 Å². The van der Waals surface area contributed by atoms with Crippen molar-refractivity contribution < 1.29 is 0 Å². The number of benzene rings is 1. The lowest BCUT2D eigenvalue weighted by Gasteiger charge is -2.42. The molecule has 1 aromatic carbocycles. The molecule has 2 aromatic heterocycles. The van der Waals surface area contributed by atoms with Crippen LogP contribution in [-0.2, 0) is 13.0 Å². The Hall–Kier alpha value is -1.95. The Morgan fingerprint density at radius 2 is 1.86 bits per heavy atom. The number of nitrogens with one attached hydrogen (secondary N) is 1. The van der Waals surface area contributed by atoms with E-state index < -0.39 is 0 Å². The van der Waals surface area contributed by atoms with Crippen molar-refractivity contribution in [2.75, 3.05) is 0 Å². The van der Waals surface area contributed by atoms with Crippen LogP contribution in [0.25, 0.3) is 11.0 Å². The second-order valence-electron chi connectivity index (χ2n) is 8.40. The van der Waals surface area contributed by atoms with Gasteiger partial charge in [-0.15, -0.1) is 12.4 Å². The van der Waals surface area contributed by atoms with E-state index in [1.165, 1.54) is 36.9 Å². The van der Waals surface area contributed by atoms with E-state index in [-0.39, 0.29) is 12.4 Å². The quantitative estimate of drug-likeness (QED) is 0.661. The molecule has 0 amide bonds. The van der Waals surface area contributed by atoms with Gasteiger partial charge in [0.1, 0.15) is 5.82 Å². The SMILES string of the molecule is Cl.NC1CCC(N(Cc2nc3ccccc3[nH]2)[C@H]2CCCc3cccnc32)CC1. The smallest absolute Gasteiger partial charge is 0.121 e. The van der Waals surface area contributed by atoms with E-state index >= 15 is 0 Å². The highest BCUT2D eigenvalue weighted by atomic mass is 35.5. The van der Waals surface area contributed by atoms with Crippen molar-refractivity contribution >= 4 is 23.4 Å². The van der Waals surface area contributed by atoms with Gasteiger partial charge in [0.25, 0.3) is 0 Å². The number of pyridine rings is 1. The predicted octanol–water partition coefficient (Wildman–Crippen LogP) is 4.53. The number of aromatic nitrogens is 3. The summed E-state index contributed by atoms with van der Waals surface area (Å²) in [7, 11) is 0. The van der Waals surface area contributed by atoms with Crippen molar-refractivity contribution in [2.24, 2.45) is 5.73 Å². The minimum Gasteiger partial charge on any atom is -0.341 e. The van der Waals surface area contributed by atoms with Gasteiger partial charge in [0.15, 0.2) is 0 Å². The summed E-state index contributed by atoms with van der Waals surface area (Å²) in [6, 6.07) is 13.9. The Labute approximate surface area is 178 Å². The monoisotopic (exact) mass is 411 g/mol. The molecule has 154 valence electrons. The molecule has 1 fully saturated rings. The summed E-state index contributed by atoms with van der Waals surface area (Å²) in [6.45, 7) is 0.843. The van der Waals surface area contributed by atoms with Gasteiger partial charge in [0, 0.05) is 18.3 Å². The molecule has 2 aliphatic rings. The molecular formula is C23H30ClN5. The van der Waals surface area contributed by atoms with Crippen LogP contribution in [-0.4, -0.2) is 31.9 Å². The first-order chi connectivity index (χ1) is 13.8. The van der Waals surface area contributed by atoms with Gasteiger partial charge in [-0.25, -0.2) is 4.98 Å². The summed E-state index contributed by atoms with van der Waals surface area (Å²) in [5.41, 5.74) is 11.1. The fraction of sp³-hybridized carbons (Fsp3) is 0.478. The number of rotatable bonds is 4. The Morgan fingerprint density at radius 1 is 1.03 bits per heavy atom. The zero-order chi connectivity index (χ0) is 18.9. The molecule has 0 saturated heterocycles. The zero-order valence-corrected chi connectivity index (χ0v) is 17.6. The number of nitrogens with zero attached hydrogens (tertiary/aromatic N) is 3. The van der Waals surface area contributed by atoms with E-state index in [0.29, 0.717) is 18.1 Å². The first kappa shape index (κ1) is 20.3. The maximum absolute atomic E-state index is 6.21. The molecule has 1 saturated carbocycles. The van der Waals surface area contributed by atoms with Crippen LogP contribution in [0.2, 0.25) is 0 Å². The van der Waals surface area contributed by atoms with Crippen LogP contribution in [0.3, 0.4) is 0 Å². The lowest BCUT2D eigenvalue weighted by Crippen LogP contribution is -2.43. The number of aryl methyl sites for hydroxylation is 1. The normalized spacial score (nSPS) is 24.3. The number of imidazole rings is 1. The van der Waals surface area contributed by atoms with Crippen LogP contribution < -0.4 is 5.73 Å². The molecular weight excluding hydrogens is 382 g/mol. The number of hydrogen-bond donors (Lipinski definition) is 2. The van der Waals surface area contributed by atoms with Crippen molar-refractivity contribution in [3.8, 4) is 0 Å². The van der Waals surface area contributed by atoms with Crippen LogP contribution >= 0.6 is 12.4 Å². The van der Waals surface area contributed by atoms with Crippen molar-refractivity contribution in [3.05, 3.63) is 59.7 Å². The second kappa shape index (κ2) is 8.82. The Bertz CT molecular complexity index is 914. The highest BCUT2D eigenvalue weighted by Gasteiger charge is 2.34. The molecule has 29 heavy (non-hydrogen) atoms. The molecule has 0 spiro atoms. The van der Waals surface area contributed by atoms with Crippen molar-refractivity contribution in [3.63, 3.8) is 0 Å². The van der Waals surface area contributed by atoms with Crippen LogP contribution in [0.4, 0.5) is 0 Å². The topological polar surface area (TPSA) is 70.8 Å². The standard InChI is InChI=1S/C23H29N5.ClH/c24-17-10-12-18(13-11-17)28(15-22-26-19-7-1-2-8-20(19)27-22)21-9-3-5-16-6-4-14-25-23(16)21;/h1-2,4,6-8,14,17-18,21H,3,5,9-13,15,24H2,(H,26,27);1H/t17?,18?,21-;/m0./s1. The third kappa shape index (κ3) is 4.18. The van der Waals surface area contributed by atoms with E-state index in [0.717, 1.165) is 42.7 Å². The van der Waals surface area contributed by atoms with Gasteiger partial charge in [0.2, 0.25) is 0 Å². The zero-order valence-electron chi connectivity index (χ0n) is 16.8. The molecule has 0 radical (unpaired) electrons. The highest BCUT2D eigenvalue weighted by Crippen LogP contribution is 2.38. The largest absolute Gasteiger partial charge is 0.341 e. The average Bonchev–Trinajstić information content (AvgIpc) is 3.15. The average molecular weight is 412 g/mol. The number of H-pyrrole nitrogens is 1. The maximum atomic E-state index is 6.21. The summed E-state index contributed by atoms with van der Waals surface area (Å²) >= 11 is 0. The maximum Gasteiger partial charge on any atom is 0.121 e. The first-order valence-corrected chi connectivity index (χ1v) is 10.7. The lowest BCUT2D eigenvalue weighted by atomic mass is 9.86. The van der Waals surface area contributed by atoms with E-state index in [2.05, 4.69) is 46.3 Å². The van der Waals surface area contributed by atoms with E-state index in [4.69, 9.17) is 15.7 Å². The van der Waals surface area contributed by atoms with Crippen LogP contribution in [0.1, 0.15) is 61.6 Å². The molecule has 3 aromatic rings. The number of aromatic amines is 1. The van der Waals surface area contributed by atoms with Gasteiger partial charge in [-0.3, -0.25) is 9.88 Å². The minimum absolute atomic E-state index is 0. The van der Waals surface area contributed by atoms with Gasteiger partial charge in [-0.2, -0.15) is 0 Å². The summed E-state index contributed by atoms with van der Waals surface area (Å²) in [4.78, 5) is 15.9. The third-order valence-electron chi connectivity index (χ3n) is 6.55. The molecule has 5 nitrogen and oxygen atoms in total. The van der Waals surface area contributed by atoms with Crippen LogP contribution in [0.5, 0.6) is 0 Å². The molecule has 6 heteroatoms. The van der Waals surface area contributed by atoms with E-state index in [1.807, 2.05) is 6.20 Å². The molecule has 2 heterocycles. The Morgan fingerprint density at radius 3 is 2.69 bits per heavy atom. The lowest BCUT2D eigenvalue weighted by molar-refractivity contribution is 0.0761. The number of nitrogens with two attached hydrogens (primary N) is 1. The van der Waals surface area contributed by atoms with Gasteiger partial charge < -0.3 is 10.7 Å². The molecule has 3 N–H and O–H groups in total. The fourth-order valence-corrected chi connectivity index (χ4v) is 5.09. The predicted molar refractivity (Wildman–Crippen MR) is 119 cm³/mol. The molecule has 0 aliphatic heterocycles. The third-order valence-corrected chi connectivity index (χ3v) is 6.55. The Balaban J connectivity index is 0.00000205. The van der Waals surface area contributed by atoms with Crippen molar-refractivity contribution in [2.45, 2.75) is 69.6 Å². The van der Waals surface area contributed by atoms with Gasteiger partial charge >= 0.3 is 0 Å². The summed E-state index contributed by atoms with van der Waals surface area (Å²) in [5.74, 6) is 1.05. The molecule has 0 bridgehead atoms. The number of fused-ring (bicyclic) bond motifs is 2. The van der Waals surface area contributed by atoms with Crippen LogP contribution in [0, 0.1) is 0 Å². The molecule has 1 atom stereocenters. The van der Waals surface area contributed by atoms with Gasteiger partial charge in [-0.05, 0) is 68.7 Å². The molecule has 5 rings (SSSR count). The summed E-state index contributed by atoms with van der Waals surface area (Å²) in [6.07, 6.45) is 10.1. The molecule has 0 unspecified atom stereocenters. The minimum atomic E-state index is 0. The van der Waals surface area contributed by atoms with Crippen molar-refractivity contribution in [1.82, 2.24) is 19.9 Å². The summed E-state index contributed by atoms with van der Waals surface area (Å²) < 4.78 is 0. The fourth-order valence-electron chi connectivity index (χ4n) is 5.09. The van der Waals surface area contributed by atoms with E-state index in [9.17, 15) is 0 Å². The number of para-hydroxylation sites is 2. The number of halogens is 1. The van der Waals surface area contributed by atoms with E-state index in [1.54, 1.807) is 0 Å². The molecule has 2 aliphatic carbocycles. The summed E-state index contributed by atoms with van der Waals surface area (Å²) in [5, 5.41) is 0.